The van der Waals surface area contributed by atoms with Crippen molar-refractivity contribution in [3.63, 3.8) is 0 Å². The van der Waals surface area contributed by atoms with Crippen LogP contribution in [0.25, 0.3) is 10.6 Å². The number of nitrogens with zero attached hydrogens (tertiary/aromatic N) is 2. The predicted octanol–water partition coefficient (Wildman–Crippen LogP) is 3.86. The maximum absolute atomic E-state index is 6.06. The van der Waals surface area contributed by atoms with E-state index in [1.807, 2.05) is 0 Å². The van der Waals surface area contributed by atoms with Gasteiger partial charge in [-0.2, -0.15) is 0 Å². The molecule has 0 aliphatic heterocycles. The summed E-state index contributed by atoms with van der Waals surface area (Å²) in [6.45, 7) is 0. The predicted molar refractivity (Wildman–Crippen MR) is 67.5 cm³/mol. The van der Waals surface area contributed by atoms with Gasteiger partial charge in [0.1, 0.15) is 0 Å². The van der Waals surface area contributed by atoms with Gasteiger partial charge in [0.2, 0.25) is 5.13 Å². The van der Waals surface area contributed by atoms with E-state index < -0.39 is 0 Å². The smallest absolute Gasteiger partial charge is 0.203 e. The summed E-state index contributed by atoms with van der Waals surface area (Å²) in [5.41, 5.74) is 6.16. The molecule has 0 aliphatic carbocycles. The first kappa shape index (κ1) is 11.1. The minimum Gasteiger partial charge on any atom is -0.374 e. The molecule has 0 aliphatic rings. The topological polar surface area (TPSA) is 51.8 Å². The van der Waals surface area contributed by atoms with Crippen LogP contribution in [0.15, 0.2) is 16.6 Å². The molecule has 0 radical (unpaired) electrons. The average molecular weight is 325 g/mol. The number of anilines is 1. The van der Waals surface area contributed by atoms with Crippen LogP contribution in [0, 0.1) is 0 Å². The van der Waals surface area contributed by atoms with Crippen molar-refractivity contribution in [1.29, 1.82) is 0 Å². The van der Waals surface area contributed by atoms with E-state index in [4.69, 9.17) is 28.9 Å². The molecule has 0 fully saturated rings. The molecule has 0 saturated heterocycles. The third kappa shape index (κ3) is 2.25. The van der Waals surface area contributed by atoms with E-state index >= 15 is 0 Å². The summed E-state index contributed by atoms with van der Waals surface area (Å²) in [6.07, 6.45) is 0. The van der Waals surface area contributed by atoms with Gasteiger partial charge in [0.25, 0.3) is 0 Å². The molecule has 15 heavy (non-hydrogen) atoms. The Balaban J connectivity index is 2.62. The maximum Gasteiger partial charge on any atom is 0.203 e. The Morgan fingerprint density at radius 3 is 2.27 bits per heavy atom. The molecule has 0 bridgehead atoms. The minimum atomic E-state index is 0.389. The van der Waals surface area contributed by atoms with Gasteiger partial charge in [-0.25, -0.2) is 0 Å². The number of nitrogens with two attached hydrogens (primary N) is 1. The zero-order valence-electron chi connectivity index (χ0n) is 7.17. The van der Waals surface area contributed by atoms with Crippen LogP contribution in [-0.4, -0.2) is 10.2 Å². The first-order valence-corrected chi connectivity index (χ1v) is 6.18. The maximum atomic E-state index is 6.06. The minimum absolute atomic E-state index is 0.389. The van der Waals surface area contributed by atoms with Crippen LogP contribution in [0.2, 0.25) is 10.0 Å². The molecule has 0 saturated carbocycles. The summed E-state index contributed by atoms with van der Waals surface area (Å²) in [4.78, 5) is 0. The lowest BCUT2D eigenvalue weighted by Crippen LogP contribution is -1.82. The highest BCUT2D eigenvalue weighted by Gasteiger charge is 2.13. The van der Waals surface area contributed by atoms with Gasteiger partial charge in [-0.05, 0) is 12.1 Å². The van der Waals surface area contributed by atoms with Gasteiger partial charge in [0, 0.05) is 10.0 Å². The van der Waals surface area contributed by atoms with Gasteiger partial charge in [-0.3, -0.25) is 0 Å². The number of halogens is 3. The molecule has 0 unspecified atom stereocenters. The summed E-state index contributed by atoms with van der Waals surface area (Å²) >= 11 is 16.7. The van der Waals surface area contributed by atoms with E-state index in [1.54, 1.807) is 12.1 Å². The van der Waals surface area contributed by atoms with Gasteiger partial charge in [0.05, 0.1) is 10.0 Å². The lowest BCUT2D eigenvalue weighted by molar-refractivity contribution is 1.10. The van der Waals surface area contributed by atoms with Crippen molar-refractivity contribution in [1.82, 2.24) is 10.2 Å². The zero-order chi connectivity index (χ0) is 11.0. The largest absolute Gasteiger partial charge is 0.374 e. The molecular weight excluding hydrogens is 321 g/mol. The van der Waals surface area contributed by atoms with Gasteiger partial charge < -0.3 is 5.73 Å². The monoisotopic (exact) mass is 323 g/mol. The van der Waals surface area contributed by atoms with E-state index in [9.17, 15) is 0 Å². The molecule has 1 heterocycles. The Morgan fingerprint density at radius 2 is 1.80 bits per heavy atom. The van der Waals surface area contributed by atoms with Crippen molar-refractivity contribution in [2.24, 2.45) is 0 Å². The second-order valence-electron chi connectivity index (χ2n) is 2.69. The van der Waals surface area contributed by atoms with Gasteiger partial charge in [-0.15, -0.1) is 10.2 Å². The summed E-state index contributed by atoms with van der Waals surface area (Å²) in [6, 6.07) is 3.50. The Bertz CT molecular complexity index is 491. The number of nitrogen functional groups attached to an aromatic ring is 1. The van der Waals surface area contributed by atoms with Crippen LogP contribution in [-0.2, 0) is 0 Å². The highest BCUT2D eigenvalue weighted by Crippen LogP contribution is 2.38. The highest BCUT2D eigenvalue weighted by molar-refractivity contribution is 9.10. The van der Waals surface area contributed by atoms with Gasteiger partial charge in [0.15, 0.2) is 5.01 Å². The fourth-order valence-electron chi connectivity index (χ4n) is 1.08. The Morgan fingerprint density at radius 1 is 1.20 bits per heavy atom. The van der Waals surface area contributed by atoms with Gasteiger partial charge >= 0.3 is 0 Å². The third-order valence-corrected chi connectivity index (χ3v) is 3.49. The van der Waals surface area contributed by atoms with Crippen LogP contribution >= 0.6 is 50.5 Å². The number of hydrogen-bond donors (Lipinski definition) is 1. The molecule has 0 atom stereocenters. The molecule has 0 amide bonds. The second-order valence-corrected chi connectivity index (χ2v) is 5.43. The van der Waals surface area contributed by atoms with Crippen molar-refractivity contribution in [2.45, 2.75) is 0 Å². The lowest BCUT2D eigenvalue weighted by atomic mass is 10.2. The van der Waals surface area contributed by atoms with E-state index in [2.05, 4.69) is 26.1 Å². The van der Waals surface area contributed by atoms with Gasteiger partial charge in [-0.1, -0.05) is 50.5 Å². The average Bonchev–Trinajstić information content (AvgIpc) is 2.49. The van der Waals surface area contributed by atoms with Crippen LogP contribution in [0.4, 0.5) is 5.13 Å². The summed E-state index contributed by atoms with van der Waals surface area (Å²) < 4.78 is 0.818. The molecule has 2 N–H and O–H groups in total. The molecule has 78 valence electrons. The molecular formula is C8H4BrCl2N3S. The Hall–Kier alpha value is -0.360. The fourth-order valence-corrected chi connectivity index (χ4v) is 3.27. The normalized spacial score (nSPS) is 10.6. The van der Waals surface area contributed by atoms with Crippen molar-refractivity contribution in [3.05, 3.63) is 26.7 Å². The van der Waals surface area contributed by atoms with Crippen LogP contribution in [0.1, 0.15) is 0 Å². The lowest BCUT2D eigenvalue weighted by Gasteiger charge is -2.03. The molecule has 3 nitrogen and oxygen atoms in total. The summed E-state index contributed by atoms with van der Waals surface area (Å²) in [5.74, 6) is 0. The van der Waals surface area contributed by atoms with Crippen LogP contribution in [0.5, 0.6) is 0 Å². The first-order valence-electron chi connectivity index (χ1n) is 3.82. The van der Waals surface area contributed by atoms with E-state index in [0.29, 0.717) is 25.7 Å². The quantitative estimate of drug-likeness (QED) is 0.866. The van der Waals surface area contributed by atoms with E-state index in [-0.39, 0.29) is 0 Å². The molecule has 2 aromatic rings. The van der Waals surface area contributed by atoms with Crippen molar-refractivity contribution < 1.29 is 0 Å². The molecule has 7 heteroatoms. The molecule has 2 rings (SSSR count). The summed E-state index contributed by atoms with van der Waals surface area (Å²) in [5, 5.41) is 9.66. The van der Waals surface area contributed by atoms with Crippen LogP contribution in [0.3, 0.4) is 0 Å². The molecule has 1 aromatic carbocycles. The second kappa shape index (κ2) is 4.25. The number of aromatic nitrogens is 2. The zero-order valence-corrected chi connectivity index (χ0v) is 11.1. The number of hydrogen-bond acceptors (Lipinski definition) is 4. The van der Waals surface area contributed by atoms with Crippen molar-refractivity contribution in [3.8, 4) is 10.6 Å². The fraction of sp³-hybridized carbons (Fsp3) is 0. The van der Waals surface area contributed by atoms with E-state index in [0.717, 1.165) is 4.47 Å². The number of benzene rings is 1. The standard InChI is InChI=1S/C8H4BrCl2N3S/c9-3-1-4(10)6(5(11)2-3)7-13-14-8(12)15-7/h1-2H,(H2,12,14). The van der Waals surface area contributed by atoms with Crippen LogP contribution < -0.4 is 5.73 Å². The third-order valence-electron chi connectivity index (χ3n) is 1.66. The van der Waals surface area contributed by atoms with Crippen molar-refractivity contribution >= 4 is 55.6 Å². The number of rotatable bonds is 1. The Labute approximate surface area is 108 Å². The van der Waals surface area contributed by atoms with E-state index in [1.165, 1.54) is 11.3 Å². The summed E-state index contributed by atoms with van der Waals surface area (Å²) in [7, 11) is 0. The molecule has 1 aromatic heterocycles. The SMILES string of the molecule is Nc1nnc(-c2c(Cl)cc(Br)cc2Cl)s1. The Kier molecular flexibility index (Phi) is 3.16. The molecule has 0 spiro atoms. The highest BCUT2D eigenvalue weighted by atomic mass is 79.9. The van der Waals surface area contributed by atoms with Crippen molar-refractivity contribution in [2.75, 3.05) is 5.73 Å². The first-order chi connectivity index (χ1) is 7.08.